The topological polar surface area (TPSA) is 41.1 Å². The molecule has 1 amide bonds. The predicted octanol–water partition coefficient (Wildman–Crippen LogP) is 1.87. The molecule has 0 aliphatic carbocycles. The van der Waals surface area contributed by atoms with Gasteiger partial charge in [0.15, 0.2) is 0 Å². The van der Waals surface area contributed by atoms with Crippen molar-refractivity contribution in [3.63, 3.8) is 0 Å². The molecule has 1 aliphatic heterocycles. The zero-order valence-corrected chi connectivity index (χ0v) is 11.5. The molecule has 1 saturated heterocycles. The number of rotatable bonds is 3. The molecule has 2 rings (SSSR count). The molecule has 4 heteroatoms. The quantitative estimate of drug-likeness (QED) is 0.875. The molecule has 1 unspecified atom stereocenters. The van der Waals surface area contributed by atoms with E-state index in [2.05, 4.69) is 24.5 Å². The summed E-state index contributed by atoms with van der Waals surface area (Å²) < 4.78 is 13.5. The first kappa shape index (κ1) is 14.0. The van der Waals surface area contributed by atoms with Crippen LogP contribution in [0.3, 0.4) is 0 Å². The highest BCUT2D eigenvalue weighted by Crippen LogP contribution is 2.25. The summed E-state index contributed by atoms with van der Waals surface area (Å²) in [6.07, 6.45) is 1.02. The number of piperidine rings is 1. The minimum Gasteiger partial charge on any atom is -0.352 e. The molecule has 0 spiro atoms. The Balaban J connectivity index is 1.96. The van der Waals surface area contributed by atoms with E-state index in [0.29, 0.717) is 5.56 Å². The van der Waals surface area contributed by atoms with Crippen LogP contribution in [0.5, 0.6) is 0 Å². The van der Waals surface area contributed by atoms with Gasteiger partial charge >= 0.3 is 0 Å². The van der Waals surface area contributed by atoms with Gasteiger partial charge in [-0.25, -0.2) is 4.39 Å². The van der Waals surface area contributed by atoms with E-state index < -0.39 is 0 Å². The van der Waals surface area contributed by atoms with Crippen LogP contribution in [0.4, 0.5) is 4.39 Å². The van der Waals surface area contributed by atoms with Crippen LogP contribution in [0.1, 0.15) is 25.8 Å². The SMILES string of the molecule is CC1(C)CNCCC1NC(=O)Cc1ccccc1F. The zero-order chi connectivity index (χ0) is 13.9. The summed E-state index contributed by atoms with van der Waals surface area (Å²) in [5.74, 6) is -0.424. The van der Waals surface area contributed by atoms with E-state index in [0.717, 1.165) is 19.5 Å². The Hall–Kier alpha value is -1.42. The fourth-order valence-corrected chi connectivity index (χ4v) is 2.50. The van der Waals surface area contributed by atoms with Gasteiger partial charge in [0.1, 0.15) is 5.82 Å². The van der Waals surface area contributed by atoms with Gasteiger partial charge in [0.05, 0.1) is 6.42 Å². The second kappa shape index (κ2) is 5.70. The number of hydrogen-bond acceptors (Lipinski definition) is 2. The van der Waals surface area contributed by atoms with E-state index in [1.165, 1.54) is 6.07 Å². The Kier molecular flexibility index (Phi) is 4.20. The maximum atomic E-state index is 13.5. The molecule has 2 N–H and O–H groups in total. The van der Waals surface area contributed by atoms with E-state index >= 15 is 0 Å². The fourth-order valence-electron chi connectivity index (χ4n) is 2.50. The Bertz CT molecular complexity index is 459. The van der Waals surface area contributed by atoms with E-state index in [4.69, 9.17) is 0 Å². The second-order valence-corrected chi connectivity index (χ2v) is 5.84. The first-order chi connectivity index (χ1) is 8.99. The number of carbonyl (C=O) groups excluding carboxylic acids is 1. The van der Waals surface area contributed by atoms with Gasteiger partial charge in [0.25, 0.3) is 0 Å². The molecule has 0 bridgehead atoms. The van der Waals surface area contributed by atoms with Crippen LogP contribution in [-0.2, 0) is 11.2 Å². The molecular weight excluding hydrogens is 243 g/mol. The Labute approximate surface area is 113 Å². The molecule has 1 heterocycles. The maximum Gasteiger partial charge on any atom is 0.224 e. The number of halogens is 1. The van der Waals surface area contributed by atoms with Crippen molar-refractivity contribution in [3.05, 3.63) is 35.6 Å². The van der Waals surface area contributed by atoms with Gasteiger partial charge in [-0.1, -0.05) is 32.0 Å². The van der Waals surface area contributed by atoms with Crippen molar-refractivity contribution in [1.82, 2.24) is 10.6 Å². The van der Waals surface area contributed by atoms with Crippen LogP contribution >= 0.6 is 0 Å². The third-order valence-electron chi connectivity index (χ3n) is 3.78. The molecule has 0 saturated carbocycles. The van der Waals surface area contributed by atoms with Gasteiger partial charge in [-0.3, -0.25) is 4.79 Å². The minimum atomic E-state index is -0.317. The van der Waals surface area contributed by atoms with Crippen molar-refractivity contribution >= 4 is 5.91 Å². The Morgan fingerprint density at radius 2 is 2.21 bits per heavy atom. The maximum absolute atomic E-state index is 13.5. The van der Waals surface area contributed by atoms with E-state index in [1.807, 2.05) is 0 Å². The van der Waals surface area contributed by atoms with Crippen molar-refractivity contribution in [3.8, 4) is 0 Å². The molecule has 1 aromatic carbocycles. The number of hydrogen-bond donors (Lipinski definition) is 2. The van der Waals surface area contributed by atoms with Crippen LogP contribution in [0, 0.1) is 11.2 Å². The summed E-state index contributed by atoms with van der Waals surface area (Å²) in [7, 11) is 0. The number of amides is 1. The molecule has 1 atom stereocenters. The lowest BCUT2D eigenvalue weighted by Gasteiger charge is -2.39. The molecule has 19 heavy (non-hydrogen) atoms. The van der Waals surface area contributed by atoms with E-state index in [-0.39, 0.29) is 29.6 Å². The smallest absolute Gasteiger partial charge is 0.224 e. The molecule has 1 fully saturated rings. The van der Waals surface area contributed by atoms with Gasteiger partial charge in [0.2, 0.25) is 5.91 Å². The standard InChI is InChI=1S/C15H21FN2O/c1-15(2)10-17-8-7-13(15)18-14(19)9-11-5-3-4-6-12(11)16/h3-6,13,17H,7-10H2,1-2H3,(H,18,19). The second-order valence-electron chi connectivity index (χ2n) is 5.84. The minimum absolute atomic E-state index is 0.0309. The summed E-state index contributed by atoms with van der Waals surface area (Å²) in [6.45, 7) is 6.06. The van der Waals surface area contributed by atoms with E-state index in [1.54, 1.807) is 18.2 Å². The van der Waals surface area contributed by atoms with Crippen LogP contribution in [0.15, 0.2) is 24.3 Å². The summed E-state index contributed by atoms with van der Waals surface area (Å²) in [6, 6.07) is 6.57. The van der Waals surface area contributed by atoms with Gasteiger partial charge in [-0.2, -0.15) is 0 Å². The summed E-state index contributed by atoms with van der Waals surface area (Å²) in [5, 5.41) is 6.36. The van der Waals surface area contributed by atoms with Gasteiger partial charge in [-0.05, 0) is 30.0 Å². The lowest BCUT2D eigenvalue weighted by molar-refractivity contribution is -0.122. The van der Waals surface area contributed by atoms with E-state index in [9.17, 15) is 9.18 Å². The molecule has 0 radical (unpaired) electrons. The third kappa shape index (κ3) is 3.53. The molecule has 0 aromatic heterocycles. The van der Waals surface area contributed by atoms with Crippen LogP contribution in [0.2, 0.25) is 0 Å². The van der Waals surface area contributed by atoms with Crippen molar-refractivity contribution in [2.75, 3.05) is 13.1 Å². The predicted molar refractivity (Wildman–Crippen MR) is 73.3 cm³/mol. The average molecular weight is 264 g/mol. The van der Waals surface area contributed by atoms with Crippen LogP contribution < -0.4 is 10.6 Å². The summed E-state index contributed by atoms with van der Waals surface area (Å²) in [4.78, 5) is 12.0. The largest absolute Gasteiger partial charge is 0.352 e. The van der Waals surface area contributed by atoms with Crippen molar-refractivity contribution in [2.24, 2.45) is 5.41 Å². The summed E-state index contributed by atoms with van der Waals surface area (Å²) >= 11 is 0. The normalized spacial score (nSPS) is 21.9. The lowest BCUT2D eigenvalue weighted by atomic mass is 9.80. The van der Waals surface area contributed by atoms with Crippen molar-refractivity contribution < 1.29 is 9.18 Å². The lowest BCUT2D eigenvalue weighted by Crippen LogP contribution is -2.54. The molecule has 104 valence electrons. The molecule has 1 aromatic rings. The molecule has 3 nitrogen and oxygen atoms in total. The average Bonchev–Trinajstić information content (AvgIpc) is 2.35. The Morgan fingerprint density at radius 3 is 2.89 bits per heavy atom. The van der Waals surface area contributed by atoms with Gasteiger partial charge in [-0.15, -0.1) is 0 Å². The highest BCUT2D eigenvalue weighted by atomic mass is 19.1. The number of nitrogens with one attached hydrogen (secondary N) is 2. The van der Waals surface area contributed by atoms with Gasteiger partial charge < -0.3 is 10.6 Å². The molecular formula is C15H21FN2O. The monoisotopic (exact) mass is 264 g/mol. The number of benzene rings is 1. The first-order valence-corrected chi connectivity index (χ1v) is 6.72. The first-order valence-electron chi connectivity index (χ1n) is 6.72. The fraction of sp³-hybridized carbons (Fsp3) is 0.533. The zero-order valence-electron chi connectivity index (χ0n) is 11.5. The highest BCUT2D eigenvalue weighted by Gasteiger charge is 2.33. The van der Waals surface area contributed by atoms with Crippen molar-refractivity contribution in [2.45, 2.75) is 32.7 Å². The van der Waals surface area contributed by atoms with Crippen LogP contribution in [-0.4, -0.2) is 25.0 Å². The van der Waals surface area contributed by atoms with Crippen molar-refractivity contribution in [1.29, 1.82) is 0 Å². The molecule has 1 aliphatic rings. The highest BCUT2D eigenvalue weighted by molar-refractivity contribution is 5.79. The number of carbonyl (C=O) groups is 1. The van der Waals surface area contributed by atoms with Gasteiger partial charge in [0, 0.05) is 12.6 Å². The summed E-state index contributed by atoms with van der Waals surface area (Å²) in [5.41, 5.74) is 0.482. The van der Waals surface area contributed by atoms with Crippen LogP contribution in [0.25, 0.3) is 0 Å². The third-order valence-corrected chi connectivity index (χ3v) is 3.78. The Morgan fingerprint density at radius 1 is 1.47 bits per heavy atom.